The number of aliphatic hydroxyl groups is 1. The molecule has 0 aliphatic rings. The van der Waals surface area contributed by atoms with Crippen LogP contribution in [0.4, 0.5) is 0 Å². The van der Waals surface area contributed by atoms with Gasteiger partial charge in [0.25, 0.3) is 0 Å². The Morgan fingerprint density at radius 2 is 0.823 bits per heavy atom. The summed E-state index contributed by atoms with van der Waals surface area (Å²) in [5, 5.41) is 9.73. The topological polar surface area (TPSA) is 155 Å². The smallest absolute Gasteiger partial charge is 0.462 e. The van der Waals surface area contributed by atoms with Crippen molar-refractivity contribution < 1.29 is 52.2 Å². The number of phosphoric ester groups is 1. The minimum absolute atomic E-state index is 0.154. The molecule has 11 nitrogen and oxygen atoms in total. The molecule has 0 saturated carbocycles. The van der Waals surface area contributed by atoms with E-state index in [0.717, 1.165) is 122 Å². The number of hydrogen-bond acceptors (Lipinski definition) is 10. The molecule has 0 saturated heterocycles. The summed E-state index contributed by atoms with van der Waals surface area (Å²) in [6.07, 6.45) is 43.7. The first-order valence-electron chi connectivity index (χ1n) is 24.5. The number of rotatable bonds is 45. The molecule has 0 aromatic carbocycles. The van der Waals surface area contributed by atoms with Crippen molar-refractivity contribution in [1.82, 2.24) is 0 Å². The second-order valence-electron chi connectivity index (χ2n) is 16.3. The van der Waals surface area contributed by atoms with Gasteiger partial charge in [0, 0.05) is 19.3 Å². The van der Waals surface area contributed by atoms with Crippen molar-refractivity contribution in [3.05, 3.63) is 48.6 Å². The maximum atomic E-state index is 12.8. The van der Waals surface area contributed by atoms with Crippen molar-refractivity contribution in [2.24, 2.45) is 0 Å². The van der Waals surface area contributed by atoms with E-state index in [9.17, 15) is 28.9 Å². The van der Waals surface area contributed by atoms with Gasteiger partial charge in [-0.3, -0.25) is 23.4 Å². The second-order valence-corrected chi connectivity index (χ2v) is 17.7. The van der Waals surface area contributed by atoms with Crippen LogP contribution in [0, 0.1) is 0 Å². The van der Waals surface area contributed by atoms with Crippen molar-refractivity contribution >= 4 is 25.7 Å². The lowest BCUT2D eigenvalue weighted by molar-refractivity contribution is -0.161. The Labute approximate surface area is 377 Å². The summed E-state index contributed by atoms with van der Waals surface area (Å²) < 4.78 is 39.2. The Kier molecular flexibility index (Phi) is 43.2. The average molecular weight is 897 g/mol. The summed E-state index contributed by atoms with van der Waals surface area (Å²) in [5.41, 5.74) is 0. The van der Waals surface area contributed by atoms with Crippen LogP contribution in [-0.4, -0.2) is 66.5 Å². The van der Waals surface area contributed by atoms with Crippen LogP contribution in [0.15, 0.2) is 48.6 Å². The fourth-order valence-corrected chi connectivity index (χ4v) is 7.14. The van der Waals surface area contributed by atoms with E-state index in [1.54, 1.807) is 0 Å². The molecule has 0 fully saturated rings. The molecule has 62 heavy (non-hydrogen) atoms. The molecule has 360 valence electrons. The Balaban J connectivity index is 4.77. The van der Waals surface area contributed by atoms with Gasteiger partial charge in [0.2, 0.25) is 0 Å². The summed E-state index contributed by atoms with van der Waals surface area (Å²) in [5.74, 6) is -1.50. The van der Waals surface area contributed by atoms with Crippen LogP contribution < -0.4 is 0 Å². The highest BCUT2D eigenvalue weighted by atomic mass is 31.2. The first-order chi connectivity index (χ1) is 30.2. The highest BCUT2D eigenvalue weighted by Gasteiger charge is 2.28. The van der Waals surface area contributed by atoms with Gasteiger partial charge in [-0.15, -0.1) is 0 Å². The second kappa shape index (κ2) is 45.0. The standard InChI is InChI=1S/C50H89O11P/c1-4-7-10-13-16-19-22-23-26-27-30-33-36-39-48(52)57-43-47(61-50(54)41-38-35-32-29-25-21-18-15-12-9-6-3)45-59-62(55,56)58-44-46(42-51)60-49(53)40-37-34-31-28-24-20-17-14-11-8-5-2/h10,13-15,17-19,22,46-47,51H,4-9,11-12,16,20-21,23-45H2,1-3H3,(H,55,56)/b13-10-,17-14-,18-15-,22-19-. The molecular weight excluding hydrogens is 808 g/mol. The lowest BCUT2D eigenvalue weighted by Crippen LogP contribution is -2.30. The number of phosphoric acid groups is 1. The first-order valence-corrected chi connectivity index (χ1v) is 26.0. The maximum Gasteiger partial charge on any atom is 0.472 e. The molecule has 0 aliphatic heterocycles. The van der Waals surface area contributed by atoms with E-state index in [0.29, 0.717) is 19.3 Å². The number of carbonyl (C=O) groups excluding carboxylic acids is 3. The van der Waals surface area contributed by atoms with Crippen LogP contribution in [0.2, 0.25) is 0 Å². The van der Waals surface area contributed by atoms with Crippen LogP contribution >= 0.6 is 7.82 Å². The van der Waals surface area contributed by atoms with Crippen molar-refractivity contribution in [1.29, 1.82) is 0 Å². The van der Waals surface area contributed by atoms with Gasteiger partial charge in [-0.05, 0) is 83.5 Å². The fourth-order valence-electron chi connectivity index (χ4n) is 6.35. The number of aliphatic hydroxyl groups excluding tert-OH is 1. The molecule has 3 unspecified atom stereocenters. The van der Waals surface area contributed by atoms with E-state index in [2.05, 4.69) is 69.4 Å². The predicted molar refractivity (Wildman–Crippen MR) is 252 cm³/mol. The van der Waals surface area contributed by atoms with Gasteiger partial charge >= 0.3 is 25.7 Å². The molecule has 0 bridgehead atoms. The van der Waals surface area contributed by atoms with Crippen molar-refractivity contribution in [3.8, 4) is 0 Å². The number of allylic oxidation sites excluding steroid dienone is 8. The normalized spacial score (nSPS) is 14.0. The Hall–Kier alpha value is -2.56. The lowest BCUT2D eigenvalue weighted by Gasteiger charge is -2.21. The first kappa shape index (κ1) is 59.4. The van der Waals surface area contributed by atoms with Gasteiger partial charge in [0.1, 0.15) is 12.7 Å². The highest BCUT2D eigenvalue weighted by Crippen LogP contribution is 2.43. The van der Waals surface area contributed by atoms with E-state index in [4.69, 9.17) is 23.3 Å². The van der Waals surface area contributed by atoms with Gasteiger partial charge < -0.3 is 24.2 Å². The number of esters is 3. The molecular formula is C50H89O11P. The number of carbonyl (C=O) groups is 3. The van der Waals surface area contributed by atoms with E-state index in [1.165, 1.54) is 32.1 Å². The van der Waals surface area contributed by atoms with Crippen molar-refractivity contribution in [2.75, 3.05) is 26.4 Å². The largest absolute Gasteiger partial charge is 0.472 e. The van der Waals surface area contributed by atoms with E-state index in [1.807, 2.05) is 0 Å². The highest BCUT2D eigenvalue weighted by molar-refractivity contribution is 7.47. The zero-order valence-electron chi connectivity index (χ0n) is 39.3. The van der Waals surface area contributed by atoms with E-state index in [-0.39, 0.29) is 25.9 Å². The number of hydrogen-bond donors (Lipinski definition) is 2. The predicted octanol–water partition coefficient (Wildman–Crippen LogP) is 13.5. The third kappa shape index (κ3) is 42.7. The van der Waals surface area contributed by atoms with Gasteiger partial charge in [0.05, 0.1) is 19.8 Å². The van der Waals surface area contributed by atoms with Crippen LogP contribution in [0.1, 0.15) is 213 Å². The molecule has 0 amide bonds. The Morgan fingerprint density at radius 1 is 0.452 bits per heavy atom. The van der Waals surface area contributed by atoms with Crippen LogP contribution in [-0.2, 0) is 42.2 Å². The average Bonchev–Trinajstić information content (AvgIpc) is 3.25. The number of ether oxygens (including phenoxy) is 3. The van der Waals surface area contributed by atoms with Crippen LogP contribution in [0.3, 0.4) is 0 Å². The summed E-state index contributed by atoms with van der Waals surface area (Å²) in [4.78, 5) is 48.1. The SMILES string of the molecule is CCC/C=C\C/C=C\CCCCCCCC(=O)OCC(COP(=O)(O)OCC(CO)OC(=O)CCCCCCC/C=C\CCCC)OC(=O)CCCCCCC/C=C\CCCC. The molecule has 0 radical (unpaired) electrons. The minimum atomic E-state index is -4.74. The molecule has 0 aromatic rings. The van der Waals surface area contributed by atoms with Crippen LogP contribution in [0.25, 0.3) is 0 Å². The minimum Gasteiger partial charge on any atom is -0.462 e. The zero-order valence-corrected chi connectivity index (χ0v) is 40.2. The van der Waals surface area contributed by atoms with Gasteiger partial charge in [0.15, 0.2) is 6.10 Å². The van der Waals surface area contributed by atoms with E-state index < -0.39 is 57.8 Å². The molecule has 0 rings (SSSR count). The molecule has 3 atom stereocenters. The maximum absolute atomic E-state index is 12.8. The fraction of sp³-hybridized carbons (Fsp3) is 0.780. The molecule has 0 heterocycles. The number of unbranched alkanes of at least 4 members (excludes halogenated alkanes) is 20. The molecule has 12 heteroatoms. The third-order valence-electron chi connectivity index (χ3n) is 10.2. The summed E-state index contributed by atoms with van der Waals surface area (Å²) in [7, 11) is -4.74. The molecule has 0 aromatic heterocycles. The van der Waals surface area contributed by atoms with Gasteiger partial charge in [-0.1, -0.05) is 159 Å². The van der Waals surface area contributed by atoms with Crippen LogP contribution in [0.5, 0.6) is 0 Å². The van der Waals surface area contributed by atoms with Gasteiger partial charge in [-0.25, -0.2) is 4.57 Å². The zero-order chi connectivity index (χ0) is 45.6. The quantitative estimate of drug-likeness (QED) is 0.0197. The molecule has 0 aliphatic carbocycles. The molecule has 2 N–H and O–H groups in total. The summed E-state index contributed by atoms with van der Waals surface area (Å²) >= 11 is 0. The van der Waals surface area contributed by atoms with Crippen molar-refractivity contribution in [3.63, 3.8) is 0 Å². The van der Waals surface area contributed by atoms with E-state index >= 15 is 0 Å². The van der Waals surface area contributed by atoms with Gasteiger partial charge in [-0.2, -0.15) is 0 Å². The monoisotopic (exact) mass is 897 g/mol. The Morgan fingerprint density at radius 3 is 1.27 bits per heavy atom. The third-order valence-corrected chi connectivity index (χ3v) is 11.1. The lowest BCUT2D eigenvalue weighted by atomic mass is 10.1. The Bertz CT molecular complexity index is 1230. The molecule has 0 spiro atoms. The summed E-state index contributed by atoms with van der Waals surface area (Å²) in [6.45, 7) is 4.44. The van der Waals surface area contributed by atoms with Crippen molar-refractivity contribution in [2.45, 2.75) is 226 Å². The summed E-state index contributed by atoms with van der Waals surface area (Å²) in [6, 6.07) is 0.